The van der Waals surface area contributed by atoms with Gasteiger partial charge in [0, 0.05) is 31.8 Å². The van der Waals surface area contributed by atoms with Crippen LogP contribution in [0, 0.1) is 5.92 Å². The van der Waals surface area contributed by atoms with E-state index in [-0.39, 0.29) is 6.03 Å². The Morgan fingerprint density at radius 2 is 1.81 bits per heavy atom. The third kappa shape index (κ3) is 5.05. The standard InChI is InChI=1S/C19H28N2O5/c1-5-10-26-13-14-6-8-21(9-7-14)19(22)20-15-11-16(23-2)18(25-4)17(12-15)24-3/h5,11-12,14H,1,6-10,13H2,2-4H3,(H,20,22). The molecular formula is C19H28N2O5. The molecule has 1 aromatic rings. The first kappa shape index (κ1) is 19.9. The summed E-state index contributed by atoms with van der Waals surface area (Å²) in [6, 6.07) is 3.30. The molecule has 144 valence electrons. The number of amides is 2. The highest BCUT2D eigenvalue weighted by atomic mass is 16.5. The lowest BCUT2D eigenvalue weighted by Crippen LogP contribution is -2.41. The maximum Gasteiger partial charge on any atom is 0.321 e. The highest BCUT2D eigenvalue weighted by molar-refractivity contribution is 5.90. The molecule has 0 aliphatic carbocycles. The zero-order valence-corrected chi connectivity index (χ0v) is 15.7. The van der Waals surface area contributed by atoms with Crippen molar-refractivity contribution in [3.8, 4) is 17.2 Å². The van der Waals surface area contributed by atoms with Crippen LogP contribution < -0.4 is 19.5 Å². The van der Waals surface area contributed by atoms with Crippen LogP contribution in [-0.4, -0.2) is 58.6 Å². The van der Waals surface area contributed by atoms with Gasteiger partial charge in [0.05, 0.1) is 33.6 Å². The summed E-state index contributed by atoms with van der Waals surface area (Å²) in [5.74, 6) is 1.98. The molecule has 0 spiro atoms. The molecule has 1 aliphatic heterocycles. The quantitative estimate of drug-likeness (QED) is 0.567. The predicted octanol–water partition coefficient (Wildman–Crippen LogP) is 3.16. The third-order valence-corrected chi connectivity index (χ3v) is 4.41. The minimum atomic E-state index is -0.135. The number of hydrogen-bond acceptors (Lipinski definition) is 5. The van der Waals surface area contributed by atoms with E-state index in [9.17, 15) is 4.79 Å². The van der Waals surface area contributed by atoms with Crippen LogP contribution >= 0.6 is 0 Å². The molecular weight excluding hydrogens is 336 g/mol. The van der Waals surface area contributed by atoms with Crippen molar-refractivity contribution in [2.24, 2.45) is 5.92 Å². The summed E-state index contributed by atoms with van der Waals surface area (Å²) in [6.07, 6.45) is 3.61. The molecule has 0 radical (unpaired) electrons. The number of nitrogens with one attached hydrogen (secondary N) is 1. The SMILES string of the molecule is C=CCOCC1CCN(C(=O)Nc2cc(OC)c(OC)c(OC)c2)CC1. The zero-order chi connectivity index (χ0) is 18.9. The second-order valence-corrected chi connectivity index (χ2v) is 6.10. The van der Waals surface area contributed by atoms with Gasteiger partial charge in [-0.05, 0) is 18.8 Å². The lowest BCUT2D eigenvalue weighted by Gasteiger charge is -2.32. The number of nitrogens with zero attached hydrogens (tertiary/aromatic N) is 1. The van der Waals surface area contributed by atoms with E-state index in [1.807, 2.05) is 4.90 Å². The monoisotopic (exact) mass is 364 g/mol. The van der Waals surface area contributed by atoms with Gasteiger partial charge in [0.15, 0.2) is 11.5 Å². The number of carbonyl (C=O) groups excluding carboxylic acids is 1. The molecule has 1 fully saturated rings. The van der Waals surface area contributed by atoms with Crippen molar-refractivity contribution in [2.75, 3.05) is 52.9 Å². The summed E-state index contributed by atoms with van der Waals surface area (Å²) in [6.45, 7) is 6.34. The molecule has 7 heteroatoms. The Balaban J connectivity index is 1.95. The van der Waals surface area contributed by atoms with Crippen LogP contribution in [0.3, 0.4) is 0 Å². The molecule has 1 heterocycles. The third-order valence-electron chi connectivity index (χ3n) is 4.41. The molecule has 0 saturated carbocycles. The van der Waals surface area contributed by atoms with Crippen molar-refractivity contribution in [2.45, 2.75) is 12.8 Å². The number of carbonyl (C=O) groups is 1. The second kappa shape index (κ2) is 9.91. The van der Waals surface area contributed by atoms with Crippen LogP contribution in [0.1, 0.15) is 12.8 Å². The maximum absolute atomic E-state index is 12.5. The van der Waals surface area contributed by atoms with Crippen molar-refractivity contribution >= 4 is 11.7 Å². The first-order valence-electron chi connectivity index (χ1n) is 8.67. The van der Waals surface area contributed by atoms with Crippen LogP contribution in [0.4, 0.5) is 10.5 Å². The van der Waals surface area contributed by atoms with Crippen LogP contribution in [0.25, 0.3) is 0 Å². The molecule has 1 aliphatic rings. The van der Waals surface area contributed by atoms with Crippen LogP contribution in [0.5, 0.6) is 17.2 Å². The van der Waals surface area contributed by atoms with Gasteiger partial charge in [0.1, 0.15) is 0 Å². The van der Waals surface area contributed by atoms with E-state index in [1.165, 1.54) is 0 Å². The molecule has 0 unspecified atom stereocenters. The van der Waals surface area contributed by atoms with Crippen LogP contribution in [0.15, 0.2) is 24.8 Å². The Kier molecular flexibility index (Phi) is 7.59. The highest BCUT2D eigenvalue weighted by Crippen LogP contribution is 2.40. The number of piperidine rings is 1. The first-order valence-corrected chi connectivity index (χ1v) is 8.67. The molecule has 1 aromatic carbocycles. The Hall–Kier alpha value is -2.41. The van der Waals surface area contributed by atoms with E-state index in [2.05, 4.69) is 11.9 Å². The molecule has 0 bridgehead atoms. The number of benzene rings is 1. The van der Waals surface area contributed by atoms with E-state index in [0.717, 1.165) is 12.8 Å². The van der Waals surface area contributed by atoms with Crippen molar-refractivity contribution in [3.63, 3.8) is 0 Å². The fourth-order valence-corrected chi connectivity index (χ4v) is 2.98. The Labute approximate surface area is 154 Å². The van der Waals surface area contributed by atoms with Gasteiger partial charge < -0.3 is 29.2 Å². The topological polar surface area (TPSA) is 69.3 Å². The van der Waals surface area contributed by atoms with Gasteiger partial charge in [-0.1, -0.05) is 6.08 Å². The maximum atomic E-state index is 12.5. The minimum absolute atomic E-state index is 0.135. The molecule has 2 rings (SSSR count). The number of ether oxygens (including phenoxy) is 4. The van der Waals surface area contributed by atoms with Crippen molar-refractivity contribution in [1.82, 2.24) is 4.90 Å². The molecule has 0 atom stereocenters. The van der Waals surface area contributed by atoms with Gasteiger partial charge in [0.2, 0.25) is 5.75 Å². The van der Waals surface area contributed by atoms with Crippen molar-refractivity contribution in [1.29, 1.82) is 0 Å². The van der Waals surface area contributed by atoms with E-state index in [4.69, 9.17) is 18.9 Å². The second-order valence-electron chi connectivity index (χ2n) is 6.10. The van der Waals surface area contributed by atoms with Crippen molar-refractivity contribution in [3.05, 3.63) is 24.8 Å². The van der Waals surface area contributed by atoms with Gasteiger partial charge in [-0.3, -0.25) is 0 Å². The normalized spacial score (nSPS) is 14.7. The van der Waals surface area contributed by atoms with Gasteiger partial charge in [-0.15, -0.1) is 6.58 Å². The summed E-state index contributed by atoms with van der Waals surface area (Å²) in [7, 11) is 4.63. The predicted molar refractivity (Wildman–Crippen MR) is 100 cm³/mol. The summed E-state index contributed by atoms with van der Waals surface area (Å²) < 4.78 is 21.4. The first-order chi connectivity index (χ1) is 12.6. The van der Waals surface area contributed by atoms with Gasteiger partial charge in [-0.25, -0.2) is 4.79 Å². The summed E-state index contributed by atoms with van der Waals surface area (Å²) in [5, 5.41) is 2.91. The molecule has 0 aromatic heterocycles. The van der Waals surface area contributed by atoms with E-state index < -0.39 is 0 Å². The zero-order valence-electron chi connectivity index (χ0n) is 15.7. The minimum Gasteiger partial charge on any atom is -0.493 e. The Morgan fingerprint density at radius 1 is 1.19 bits per heavy atom. The molecule has 7 nitrogen and oxygen atoms in total. The average Bonchev–Trinajstić information content (AvgIpc) is 2.67. The van der Waals surface area contributed by atoms with E-state index in [1.54, 1.807) is 39.5 Å². The van der Waals surface area contributed by atoms with Gasteiger partial charge in [0.25, 0.3) is 0 Å². The fourth-order valence-electron chi connectivity index (χ4n) is 2.98. The summed E-state index contributed by atoms with van der Waals surface area (Å²) in [5.41, 5.74) is 0.598. The number of rotatable bonds is 8. The smallest absolute Gasteiger partial charge is 0.321 e. The summed E-state index contributed by atoms with van der Waals surface area (Å²) in [4.78, 5) is 14.4. The average molecular weight is 364 g/mol. The van der Waals surface area contributed by atoms with Crippen LogP contribution in [-0.2, 0) is 4.74 Å². The largest absolute Gasteiger partial charge is 0.493 e. The molecule has 1 N–H and O–H groups in total. The van der Waals surface area contributed by atoms with E-state index in [0.29, 0.717) is 55.2 Å². The van der Waals surface area contributed by atoms with Crippen molar-refractivity contribution < 1.29 is 23.7 Å². The number of hydrogen-bond donors (Lipinski definition) is 1. The summed E-state index contributed by atoms with van der Waals surface area (Å²) >= 11 is 0. The Bertz CT molecular complexity index is 587. The van der Waals surface area contributed by atoms with E-state index >= 15 is 0 Å². The number of likely N-dealkylation sites (tertiary alicyclic amines) is 1. The van der Waals surface area contributed by atoms with Gasteiger partial charge in [-0.2, -0.15) is 0 Å². The lowest BCUT2D eigenvalue weighted by molar-refractivity contribution is 0.0906. The lowest BCUT2D eigenvalue weighted by atomic mass is 9.98. The van der Waals surface area contributed by atoms with Gasteiger partial charge >= 0.3 is 6.03 Å². The number of methoxy groups -OCH3 is 3. The molecule has 26 heavy (non-hydrogen) atoms. The molecule has 1 saturated heterocycles. The Morgan fingerprint density at radius 3 is 2.31 bits per heavy atom. The van der Waals surface area contributed by atoms with Crippen LogP contribution in [0.2, 0.25) is 0 Å². The molecule has 2 amide bonds. The number of urea groups is 1. The number of anilines is 1. The highest BCUT2D eigenvalue weighted by Gasteiger charge is 2.23. The fraction of sp³-hybridized carbons (Fsp3) is 0.526.